The fraction of sp³-hybridized carbons (Fsp3) is 0.357. The molecule has 0 amide bonds. The van der Waals surface area contributed by atoms with Crippen molar-refractivity contribution in [3.8, 4) is 0 Å². The molecule has 16 heavy (non-hydrogen) atoms. The van der Waals surface area contributed by atoms with Crippen molar-refractivity contribution >= 4 is 10.8 Å². The van der Waals surface area contributed by atoms with E-state index in [2.05, 4.69) is 40.6 Å². The Morgan fingerprint density at radius 1 is 1.19 bits per heavy atom. The Morgan fingerprint density at radius 3 is 2.81 bits per heavy atom. The van der Waals surface area contributed by atoms with Crippen LogP contribution >= 0.6 is 0 Å². The molecule has 1 aromatic carbocycles. The van der Waals surface area contributed by atoms with Gasteiger partial charge in [0.05, 0.1) is 5.69 Å². The smallest absolute Gasteiger partial charge is 0.0548 e. The third kappa shape index (κ3) is 2.22. The van der Waals surface area contributed by atoms with Crippen molar-refractivity contribution < 1.29 is 0 Å². The van der Waals surface area contributed by atoms with E-state index in [0.717, 1.165) is 24.7 Å². The molecule has 3 rings (SSSR count). The molecule has 0 aliphatic heterocycles. The van der Waals surface area contributed by atoms with Crippen LogP contribution < -0.4 is 5.32 Å². The van der Waals surface area contributed by atoms with E-state index in [4.69, 9.17) is 0 Å². The Kier molecular flexibility index (Phi) is 2.58. The maximum absolute atomic E-state index is 4.46. The number of hydrogen-bond donors (Lipinski definition) is 1. The van der Waals surface area contributed by atoms with Crippen LogP contribution in [0.25, 0.3) is 10.8 Å². The summed E-state index contributed by atoms with van der Waals surface area (Å²) in [6.07, 6.45) is 4.76. The van der Waals surface area contributed by atoms with E-state index in [9.17, 15) is 0 Å². The molecule has 2 nitrogen and oxygen atoms in total. The monoisotopic (exact) mass is 212 g/mol. The minimum Gasteiger partial charge on any atom is -0.311 e. The Morgan fingerprint density at radius 2 is 2.00 bits per heavy atom. The zero-order valence-corrected chi connectivity index (χ0v) is 9.32. The van der Waals surface area contributed by atoms with Crippen LogP contribution in [0.1, 0.15) is 18.5 Å². The number of nitrogens with one attached hydrogen (secondary N) is 1. The van der Waals surface area contributed by atoms with Crippen molar-refractivity contribution in [2.75, 3.05) is 6.54 Å². The quantitative estimate of drug-likeness (QED) is 0.843. The molecule has 1 aromatic heterocycles. The summed E-state index contributed by atoms with van der Waals surface area (Å²) in [5.74, 6) is 0.931. The largest absolute Gasteiger partial charge is 0.311 e. The van der Waals surface area contributed by atoms with Crippen LogP contribution in [0.5, 0.6) is 0 Å². The fourth-order valence-electron chi connectivity index (χ4n) is 1.95. The molecule has 1 heterocycles. The Labute approximate surface area is 95.7 Å². The summed E-state index contributed by atoms with van der Waals surface area (Å²) in [4.78, 5) is 4.46. The third-order valence-electron chi connectivity index (χ3n) is 3.12. The molecular weight excluding hydrogens is 196 g/mol. The highest BCUT2D eigenvalue weighted by atomic mass is 14.9. The van der Waals surface area contributed by atoms with Crippen molar-refractivity contribution in [3.63, 3.8) is 0 Å². The average molecular weight is 212 g/mol. The summed E-state index contributed by atoms with van der Waals surface area (Å²) in [6, 6.07) is 10.5. The van der Waals surface area contributed by atoms with Crippen molar-refractivity contribution in [2.24, 2.45) is 5.92 Å². The van der Waals surface area contributed by atoms with Crippen LogP contribution in [-0.4, -0.2) is 11.5 Å². The number of aromatic nitrogens is 1. The fourth-order valence-corrected chi connectivity index (χ4v) is 1.95. The predicted molar refractivity (Wildman–Crippen MR) is 66.2 cm³/mol. The molecule has 82 valence electrons. The molecule has 1 aliphatic carbocycles. The lowest BCUT2D eigenvalue weighted by atomic mass is 10.1. The van der Waals surface area contributed by atoms with Crippen molar-refractivity contribution in [1.82, 2.24) is 10.3 Å². The highest BCUT2D eigenvalue weighted by molar-refractivity contribution is 5.81. The summed E-state index contributed by atoms with van der Waals surface area (Å²) in [6.45, 7) is 2.04. The first kappa shape index (κ1) is 9.79. The summed E-state index contributed by atoms with van der Waals surface area (Å²) in [7, 11) is 0. The molecule has 0 saturated heterocycles. The topological polar surface area (TPSA) is 24.9 Å². The van der Waals surface area contributed by atoms with Crippen LogP contribution in [0.15, 0.2) is 36.5 Å². The SMILES string of the molecule is c1ccc2cc(CNCC3CC3)ncc2c1. The molecule has 1 fully saturated rings. The zero-order valence-electron chi connectivity index (χ0n) is 9.32. The van der Waals surface area contributed by atoms with Crippen molar-refractivity contribution in [1.29, 1.82) is 0 Å². The zero-order chi connectivity index (χ0) is 10.8. The minimum atomic E-state index is 0.890. The average Bonchev–Trinajstić information content (AvgIpc) is 3.13. The first-order chi connectivity index (χ1) is 7.92. The van der Waals surface area contributed by atoms with Gasteiger partial charge in [0, 0.05) is 18.1 Å². The van der Waals surface area contributed by atoms with Gasteiger partial charge in [-0.25, -0.2) is 0 Å². The molecule has 0 unspecified atom stereocenters. The van der Waals surface area contributed by atoms with Gasteiger partial charge in [0.2, 0.25) is 0 Å². The molecule has 0 radical (unpaired) electrons. The van der Waals surface area contributed by atoms with Gasteiger partial charge in [-0.15, -0.1) is 0 Å². The highest BCUT2D eigenvalue weighted by Gasteiger charge is 2.20. The predicted octanol–water partition coefficient (Wildman–Crippen LogP) is 2.73. The van der Waals surface area contributed by atoms with Crippen LogP contribution in [0.3, 0.4) is 0 Å². The standard InChI is InChI=1S/C14H16N2/c1-2-4-13-9-16-14(7-12(13)3-1)10-15-8-11-5-6-11/h1-4,7,9,11,15H,5-6,8,10H2. The van der Waals surface area contributed by atoms with E-state index in [1.165, 1.54) is 23.6 Å². The Hall–Kier alpha value is -1.41. The number of benzene rings is 1. The van der Waals surface area contributed by atoms with Gasteiger partial charge < -0.3 is 5.32 Å². The Bertz CT molecular complexity index is 489. The molecule has 1 saturated carbocycles. The summed E-state index contributed by atoms with van der Waals surface area (Å²) in [5, 5.41) is 5.96. The van der Waals surface area contributed by atoms with Crippen molar-refractivity contribution in [3.05, 3.63) is 42.2 Å². The molecule has 0 bridgehead atoms. The van der Waals surface area contributed by atoms with Gasteiger partial charge in [0.25, 0.3) is 0 Å². The van der Waals surface area contributed by atoms with Crippen LogP contribution in [0.4, 0.5) is 0 Å². The van der Waals surface area contributed by atoms with Gasteiger partial charge in [-0.2, -0.15) is 0 Å². The molecule has 2 aromatic rings. The number of rotatable bonds is 4. The van der Waals surface area contributed by atoms with Gasteiger partial charge in [0.1, 0.15) is 0 Å². The van der Waals surface area contributed by atoms with Gasteiger partial charge in [-0.1, -0.05) is 24.3 Å². The van der Waals surface area contributed by atoms with Crippen LogP contribution in [0, 0.1) is 5.92 Å². The van der Waals surface area contributed by atoms with Gasteiger partial charge in [-0.05, 0) is 36.8 Å². The Balaban J connectivity index is 1.71. The van der Waals surface area contributed by atoms with E-state index in [1.54, 1.807) is 0 Å². The van der Waals surface area contributed by atoms with Crippen LogP contribution in [0.2, 0.25) is 0 Å². The number of nitrogens with zero attached hydrogens (tertiary/aromatic N) is 1. The minimum absolute atomic E-state index is 0.890. The highest BCUT2D eigenvalue weighted by Crippen LogP contribution is 2.27. The van der Waals surface area contributed by atoms with E-state index < -0.39 is 0 Å². The van der Waals surface area contributed by atoms with E-state index in [-0.39, 0.29) is 0 Å². The molecule has 0 spiro atoms. The summed E-state index contributed by atoms with van der Waals surface area (Å²) < 4.78 is 0. The second kappa shape index (κ2) is 4.22. The van der Waals surface area contributed by atoms with E-state index in [0.29, 0.717) is 0 Å². The third-order valence-corrected chi connectivity index (χ3v) is 3.12. The first-order valence-electron chi connectivity index (χ1n) is 5.96. The maximum Gasteiger partial charge on any atom is 0.0548 e. The van der Waals surface area contributed by atoms with Gasteiger partial charge in [-0.3, -0.25) is 4.98 Å². The lowest BCUT2D eigenvalue weighted by molar-refractivity contribution is 0.631. The second-order valence-electron chi connectivity index (χ2n) is 4.60. The molecule has 1 aliphatic rings. The molecule has 2 heteroatoms. The lowest BCUT2D eigenvalue weighted by Crippen LogP contribution is -2.16. The summed E-state index contributed by atoms with van der Waals surface area (Å²) in [5.41, 5.74) is 1.14. The normalized spacial score (nSPS) is 15.5. The molecular formula is C14H16N2. The van der Waals surface area contributed by atoms with E-state index in [1.807, 2.05) is 6.20 Å². The second-order valence-corrected chi connectivity index (χ2v) is 4.60. The van der Waals surface area contributed by atoms with E-state index >= 15 is 0 Å². The molecule has 1 N–H and O–H groups in total. The van der Waals surface area contributed by atoms with Gasteiger partial charge in [0.15, 0.2) is 0 Å². The lowest BCUT2D eigenvalue weighted by Gasteiger charge is -2.04. The number of hydrogen-bond acceptors (Lipinski definition) is 2. The maximum atomic E-state index is 4.46. The first-order valence-corrected chi connectivity index (χ1v) is 5.96. The summed E-state index contributed by atoms with van der Waals surface area (Å²) >= 11 is 0. The van der Waals surface area contributed by atoms with Crippen molar-refractivity contribution in [2.45, 2.75) is 19.4 Å². The molecule has 0 atom stereocenters. The van der Waals surface area contributed by atoms with Crippen LogP contribution in [-0.2, 0) is 6.54 Å². The number of fused-ring (bicyclic) bond motifs is 1. The van der Waals surface area contributed by atoms with Gasteiger partial charge >= 0.3 is 0 Å². The number of pyridine rings is 1.